The maximum atomic E-state index is 13.1. The normalized spacial score (nSPS) is 13.3. The van der Waals surface area contributed by atoms with Crippen molar-refractivity contribution in [2.24, 2.45) is 0 Å². The molecule has 26 heavy (non-hydrogen) atoms. The topological polar surface area (TPSA) is 37.4 Å². The third-order valence-corrected chi connectivity index (χ3v) is 5.92. The molecule has 1 aliphatic heterocycles. The number of imide groups is 1. The zero-order valence-corrected chi connectivity index (χ0v) is 15.4. The third-order valence-electron chi connectivity index (χ3n) is 4.63. The number of thiophene rings is 1. The quantitative estimate of drug-likeness (QED) is 0.564. The van der Waals surface area contributed by atoms with Crippen molar-refractivity contribution in [3.05, 3.63) is 71.8 Å². The molecule has 0 fully saturated rings. The average Bonchev–Trinajstić information content (AvgIpc) is 3.19. The number of unbranched alkanes of at least 4 members (excludes halogenated alkanes) is 1. The molecule has 0 N–H and O–H groups in total. The monoisotopic (exact) mass is 361 g/mol. The van der Waals surface area contributed by atoms with Crippen LogP contribution in [0.25, 0.3) is 20.9 Å². The minimum Gasteiger partial charge on any atom is -0.274 e. The van der Waals surface area contributed by atoms with E-state index < -0.39 is 0 Å². The summed E-state index contributed by atoms with van der Waals surface area (Å²) in [4.78, 5) is 29.3. The lowest BCUT2D eigenvalue weighted by atomic mass is 10.0. The van der Waals surface area contributed by atoms with Gasteiger partial charge in [-0.3, -0.25) is 14.5 Å². The number of hydrogen-bond acceptors (Lipinski definition) is 3. The number of nitrogens with zero attached hydrogens (tertiary/aromatic N) is 1. The fourth-order valence-corrected chi connectivity index (χ4v) is 4.60. The molecule has 1 aliphatic rings. The van der Waals surface area contributed by atoms with Crippen LogP contribution in [-0.2, 0) is 0 Å². The van der Waals surface area contributed by atoms with Gasteiger partial charge in [-0.15, -0.1) is 11.3 Å². The predicted octanol–water partition coefficient (Wildman–Crippen LogP) is 5.48. The van der Waals surface area contributed by atoms with E-state index in [-0.39, 0.29) is 11.8 Å². The van der Waals surface area contributed by atoms with E-state index in [1.165, 1.54) is 16.2 Å². The summed E-state index contributed by atoms with van der Waals surface area (Å²) < 4.78 is 0. The molecule has 0 bridgehead atoms. The second kappa shape index (κ2) is 6.89. The molecular formula is C22H19NO2S. The minimum absolute atomic E-state index is 0.157. The predicted molar refractivity (Wildman–Crippen MR) is 105 cm³/mol. The van der Waals surface area contributed by atoms with Gasteiger partial charge >= 0.3 is 0 Å². The summed E-state index contributed by atoms with van der Waals surface area (Å²) in [5, 5.41) is 0. The highest BCUT2D eigenvalue weighted by Crippen LogP contribution is 2.46. The first-order chi connectivity index (χ1) is 12.7. The molecule has 2 heterocycles. The first-order valence-corrected chi connectivity index (χ1v) is 9.67. The molecule has 3 nitrogen and oxygen atoms in total. The Morgan fingerprint density at radius 1 is 0.769 bits per heavy atom. The summed E-state index contributed by atoms with van der Waals surface area (Å²) in [6, 6.07) is 19.7. The molecule has 4 rings (SSSR count). The van der Waals surface area contributed by atoms with Crippen LogP contribution in [-0.4, -0.2) is 23.3 Å². The number of carbonyl (C=O) groups is 2. The fourth-order valence-electron chi connectivity index (χ4n) is 3.31. The molecule has 3 aromatic rings. The van der Waals surface area contributed by atoms with Gasteiger partial charge in [-0.1, -0.05) is 74.0 Å². The molecule has 0 saturated heterocycles. The summed E-state index contributed by atoms with van der Waals surface area (Å²) in [6.07, 6.45) is 1.77. The van der Waals surface area contributed by atoms with Gasteiger partial charge in [-0.25, -0.2) is 0 Å². The molecule has 130 valence electrons. The number of carbonyl (C=O) groups excluding carboxylic acids is 2. The van der Waals surface area contributed by atoms with Gasteiger partial charge in [0.05, 0.1) is 11.1 Å². The maximum absolute atomic E-state index is 13.1. The molecule has 0 atom stereocenters. The van der Waals surface area contributed by atoms with Crippen LogP contribution >= 0.6 is 11.3 Å². The molecule has 0 spiro atoms. The Bertz CT molecular complexity index is 887. The SMILES string of the molecule is CCCCN1C(=O)c2c(-c3ccccc3)sc(-c3ccccc3)c2C1=O. The molecule has 0 radical (unpaired) electrons. The zero-order valence-electron chi connectivity index (χ0n) is 14.6. The number of fused-ring (bicyclic) bond motifs is 1. The van der Waals surface area contributed by atoms with E-state index in [1.54, 1.807) is 0 Å². The van der Waals surface area contributed by atoms with Gasteiger partial charge < -0.3 is 0 Å². The van der Waals surface area contributed by atoms with Crippen molar-refractivity contribution >= 4 is 23.2 Å². The van der Waals surface area contributed by atoms with E-state index in [0.29, 0.717) is 17.7 Å². The number of hydrogen-bond donors (Lipinski definition) is 0. The Hall–Kier alpha value is -2.72. The van der Waals surface area contributed by atoms with Crippen LogP contribution in [0.1, 0.15) is 40.5 Å². The Kier molecular flexibility index (Phi) is 4.43. The summed E-state index contributed by atoms with van der Waals surface area (Å²) in [6.45, 7) is 2.54. The maximum Gasteiger partial charge on any atom is 0.263 e. The highest BCUT2D eigenvalue weighted by Gasteiger charge is 2.41. The van der Waals surface area contributed by atoms with Crippen LogP contribution in [0, 0.1) is 0 Å². The second-order valence-electron chi connectivity index (χ2n) is 6.36. The van der Waals surface area contributed by atoms with Crippen molar-refractivity contribution in [1.82, 2.24) is 4.90 Å². The molecule has 4 heteroatoms. The van der Waals surface area contributed by atoms with Crippen LogP contribution in [0.2, 0.25) is 0 Å². The number of amides is 2. The lowest BCUT2D eigenvalue weighted by Crippen LogP contribution is -2.31. The van der Waals surface area contributed by atoms with Crippen molar-refractivity contribution in [2.45, 2.75) is 19.8 Å². The first-order valence-electron chi connectivity index (χ1n) is 8.86. The van der Waals surface area contributed by atoms with Crippen LogP contribution in [0.5, 0.6) is 0 Å². The number of benzene rings is 2. The van der Waals surface area contributed by atoms with E-state index in [9.17, 15) is 9.59 Å². The molecule has 1 aromatic heterocycles. The van der Waals surface area contributed by atoms with Gasteiger partial charge in [0, 0.05) is 16.3 Å². The van der Waals surface area contributed by atoms with Crippen molar-refractivity contribution in [3.63, 3.8) is 0 Å². The fraction of sp³-hybridized carbons (Fsp3) is 0.182. The third kappa shape index (κ3) is 2.67. The summed E-state index contributed by atoms with van der Waals surface area (Å²) in [5.74, 6) is -0.313. The molecule has 0 unspecified atom stereocenters. The Labute approximate surface area is 156 Å². The smallest absolute Gasteiger partial charge is 0.263 e. The van der Waals surface area contributed by atoms with Gasteiger partial charge in [0.15, 0.2) is 0 Å². The standard InChI is InChI=1S/C22H19NO2S/c1-2-3-14-23-21(24)17-18(22(23)25)20(16-12-8-5-9-13-16)26-19(17)15-10-6-4-7-11-15/h4-13H,2-3,14H2,1H3. The lowest BCUT2D eigenvalue weighted by Gasteiger charge is -2.14. The van der Waals surface area contributed by atoms with Crippen LogP contribution in [0.3, 0.4) is 0 Å². The lowest BCUT2D eigenvalue weighted by molar-refractivity contribution is 0.0653. The summed E-state index contributed by atoms with van der Waals surface area (Å²) >= 11 is 1.53. The molecule has 2 amide bonds. The zero-order chi connectivity index (χ0) is 18.1. The van der Waals surface area contributed by atoms with E-state index in [2.05, 4.69) is 6.92 Å². The van der Waals surface area contributed by atoms with Gasteiger partial charge in [0.25, 0.3) is 11.8 Å². The van der Waals surface area contributed by atoms with Crippen LogP contribution < -0.4 is 0 Å². The van der Waals surface area contributed by atoms with Crippen LogP contribution in [0.15, 0.2) is 60.7 Å². The van der Waals surface area contributed by atoms with Gasteiger partial charge in [0.1, 0.15) is 0 Å². The van der Waals surface area contributed by atoms with Gasteiger partial charge in [-0.05, 0) is 17.5 Å². The van der Waals surface area contributed by atoms with E-state index in [0.717, 1.165) is 33.7 Å². The molecule has 2 aromatic carbocycles. The Morgan fingerprint density at radius 3 is 1.65 bits per heavy atom. The first kappa shape index (κ1) is 16.7. The average molecular weight is 361 g/mol. The van der Waals surface area contributed by atoms with E-state index >= 15 is 0 Å². The Morgan fingerprint density at radius 2 is 1.23 bits per heavy atom. The highest BCUT2D eigenvalue weighted by molar-refractivity contribution is 7.20. The van der Waals surface area contributed by atoms with Crippen molar-refractivity contribution < 1.29 is 9.59 Å². The van der Waals surface area contributed by atoms with Crippen molar-refractivity contribution in [2.75, 3.05) is 6.54 Å². The van der Waals surface area contributed by atoms with Crippen LogP contribution in [0.4, 0.5) is 0 Å². The number of rotatable bonds is 5. The largest absolute Gasteiger partial charge is 0.274 e. The molecule has 0 aliphatic carbocycles. The summed E-state index contributed by atoms with van der Waals surface area (Å²) in [5.41, 5.74) is 3.10. The molecular weight excluding hydrogens is 342 g/mol. The Balaban J connectivity index is 1.91. The van der Waals surface area contributed by atoms with E-state index in [4.69, 9.17) is 0 Å². The van der Waals surface area contributed by atoms with E-state index in [1.807, 2.05) is 60.7 Å². The van der Waals surface area contributed by atoms with Crippen molar-refractivity contribution in [1.29, 1.82) is 0 Å². The van der Waals surface area contributed by atoms with Crippen molar-refractivity contribution in [3.8, 4) is 20.9 Å². The molecule has 0 saturated carbocycles. The summed E-state index contributed by atoms with van der Waals surface area (Å²) in [7, 11) is 0. The minimum atomic E-state index is -0.157. The highest BCUT2D eigenvalue weighted by atomic mass is 32.1. The van der Waals surface area contributed by atoms with Gasteiger partial charge in [0.2, 0.25) is 0 Å². The second-order valence-corrected chi connectivity index (χ2v) is 7.38. The van der Waals surface area contributed by atoms with Gasteiger partial charge in [-0.2, -0.15) is 0 Å².